The van der Waals surface area contributed by atoms with Crippen molar-refractivity contribution in [3.05, 3.63) is 24.3 Å². The monoisotopic (exact) mass is 454 g/mol. The Kier molecular flexibility index (Phi) is 6.72. The normalized spacial score (nSPS) is 30.3. The molecule has 0 aliphatic heterocycles. The Bertz CT molecular complexity index is 689. The highest BCUT2D eigenvalue weighted by molar-refractivity contribution is 8.45. The lowest BCUT2D eigenvalue weighted by Gasteiger charge is -2.42. The third-order valence-electron chi connectivity index (χ3n) is 7.05. The molecule has 1 aromatic rings. The first kappa shape index (κ1) is 23.7. The van der Waals surface area contributed by atoms with Crippen LogP contribution in [0, 0.1) is 17.8 Å². The van der Waals surface area contributed by atoms with E-state index in [-0.39, 0.29) is 0 Å². The van der Waals surface area contributed by atoms with Crippen LogP contribution in [0.15, 0.2) is 29.2 Å². The molecule has 2 saturated carbocycles. The van der Waals surface area contributed by atoms with Gasteiger partial charge in [0.05, 0.1) is 6.10 Å². The van der Waals surface area contributed by atoms with E-state index < -0.39 is 27.0 Å². The van der Waals surface area contributed by atoms with Crippen LogP contribution in [0.3, 0.4) is 0 Å². The average molecular weight is 455 g/mol. The van der Waals surface area contributed by atoms with Crippen molar-refractivity contribution in [2.45, 2.75) is 95.0 Å². The zero-order valence-electron chi connectivity index (χ0n) is 17.8. The number of rotatable bonds is 8. The summed E-state index contributed by atoms with van der Waals surface area (Å²) in [5.41, 5.74) is 0. The molecule has 0 atom stereocenters. The van der Waals surface area contributed by atoms with Gasteiger partial charge in [0.15, 0.2) is 0 Å². The number of halogens is 5. The molecule has 0 radical (unpaired) electrons. The maximum absolute atomic E-state index is 13.3. The first-order chi connectivity index (χ1) is 14.0. The van der Waals surface area contributed by atoms with Gasteiger partial charge in [0.2, 0.25) is 0 Å². The molecule has 7 heteroatoms. The highest BCUT2D eigenvalue weighted by atomic mass is 32.5. The molecule has 2 aliphatic carbocycles. The molecule has 0 unspecified atom stereocenters. The number of para-hydroxylation sites is 1. The number of benzene rings is 1. The molecule has 0 bridgehead atoms. The molecule has 174 valence electrons. The molecule has 2 aliphatic rings. The summed E-state index contributed by atoms with van der Waals surface area (Å²) in [6.07, 6.45) is 13.0. The zero-order valence-corrected chi connectivity index (χ0v) is 18.6. The van der Waals surface area contributed by atoms with Gasteiger partial charge in [-0.05, 0) is 68.4 Å². The highest BCUT2D eigenvalue weighted by Gasteiger charge is 2.67. The molecule has 0 heterocycles. The molecule has 0 saturated heterocycles. The van der Waals surface area contributed by atoms with Crippen LogP contribution in [0.2, 0.25) is 0 Å². The highest BCUT2D eigenvalue weighted by Crippen LogP contribution is 3.03. The standard InChI is InChI=1S/C23H35F5OS/c1-2-3-4-7-18-10-12-19(13-11-18)20-14-16-21(17-15-20)29-22-8-5-6-9-23(22)30(24,25,26,27)28/h5-6,8-9,18-21H,2-4,7,10-17H2,1H3. The van der Waals surface area contributed by atoms with E-state index in [9.17, 15) is 19.4 Å². The van der Waals surface area contributed by atoms with Crippen molar-refractivity contribution < 1.29 is 24.2 Å². The van der Waals surface area contributed by atoms with Gasteiger partial charge in [-0.25, -0.2) is 0 Å². The maximum atomic E-state index is 13.3. The van der Waals surface area contributed by atoms with E-state index >= 15 is 0 Å². The van der Waals surface area contributed by atoms with Crippen molar-refractivity contribution in [2.24, 2.45) is 17.8 Å². The third kappa shape index (κ3) is 6.51. The fourth-order valence-electron chi connectivity index (χ4n) is 5.35. The second kappa shape index (κ2) is 8.51. The van der Waals surface area contributed by atoms with Crippen LogP contribution in [-0.4, -0.2) is 6.10 Å². The largest absolute Gasteiger partial charge is 0.489 e. The van der Waals surface area contributed by atoms with E-state index in [1.807, 2.05) is 0 Å². The van der Waals surface area contributed by atoms with E-state index in [0.29, 0.717) is 30.7 Å². The van der Waals surface area contributed by atoms with E-state index in [1.54, 1.807) is 0 Å². The van der Waals surface area contributed by atoms with Crippen molar-refractivity contribution >= 4 is 10.2 Å². The molecule has 0 spiro atoms. The van der Waals surface area contributed by atoms with Crippen LogP contribution in [0.5, 0.6) is 5.75 Å². The quantitative estimate of drug-likeness (QED) is 0.281. The number of ether oxygens (including phenoxy) is 1. The van der Waals surface area contributed by atoms with Gasteiger partial charge in [0.1, 0.15) is 10.6 Å². The molecule has 0 aromatic heterocycles. The Morgan fingerprint density at radius 2 is 1.37 bits per heavy atom. The van der Waals surface area contributed by atoms with Crippen LogP contribution < -0.4 is 4.74 Å². The zero-order chi connectivity index (χ0) is 21.9. The predicted molar refractivity (Wildman–Crippen MR) is 114 cm³/mol. The minimum Gasteiger partial charge on any atom is -0.489 e. The average Bonchev–Trinajstić information content (AvgIpc) is 2.68. The molecular weight excluding hydrogens is 419 g/mol. The first-order valence-electron chi connectivity index (χ1n) is 11.5. The minimum absolute atomic E-state index is 0.423. The number of hydrogen-bond acceptors (Lipinski definition) is 1. The lowest BCUT2D eigenvalue weighted by molar-refractivity contribution is 0.0888. The molecule has 30 heavy (non-hydrogen) atoms. The second-order valence-electron chi connectivity index (χ2n) is 9.35. The third-order valence-corrected chi connectivity index (χ3v) is 8.22. The second-order valence-corrected chi connectivity index (χ2v) is 11.7. The smallest absolute Gasteiger partial charge is 0.313 e. The van der Waals surface area contributed by atoms with Crippen molar-refractivity contribution in [1.82, 2.24) is 0 Å². The van der Waals surface area contributed by atoms with Gasteiger partial charge in [-0.2, -0.15) is 0 Å². The van der Waals surface area contributed by atoms with E-state index in [2.05, 4.69) is 6.92 Å². The van der Waals surface area contributed by atoms with Crippen molar-refractivity contribution in [3.8, 4) is 5.75 Å². The number of hydrogen-bond donors (Lipinski definition) is 0. The molecule has 1 aromatic carbocycles. The van der Waals surface area contributed by atoms with E-state index in [4.69, 9.17) is 4.74 Å². The van der Waals surface area contributed by atoms with Gasteiger partial charge >= 0.3 is 10.2 Å². The van der Waals surface area contributed by atoms with Crippen LogP contribution in [0.1, 0.15) is 84.0 Å². The van der Waals surface area contributed by atoms with Crippen molar-refractivity contribution in [2.75, 3.05) is 0 Å². The van der Waals surface area contributed by atoms with Crippen LogP contribution in [0.25, 0.3) is 0 Å². The Balaban J connectivity index is 1.50. The summed E-state index contributed by atoms with van der Waals surface area (Å²) in [4.78, 5) is -1.90. The predicted octanol–water partition coefficient (Wildman–Crippen LogP) is 9.67. The minimum atomic E-state index is -9.76. The molecule has 1 nitrogen and oxygen atoms in total. The van der Waals surface area contributed by atoms with Crippen LogP contribution in [-0.2, 0) is 0 Å². The summed E-state index contributed by atoms with van der Waals surface area (Å²) in [6, 6.07) is 3.74. The van der Waals surface area contributed by atoms with Gasteiger partial charge in [0, 0.05) is 0 Å². The topological polar surface area (TPSA) is 9.23 Å². The van der Waals surface area contributed by atoms with Gasteiger partial charge in [-0.15, -0.1) is 0 Å². The molecule has 0 N–H and O–H groups in total. The summed E-state index contributed by atoms with van der Waals surface area (Å²) in [6.45, 7) is 2.23. The van der Waals surface area contributed by atoms with E-state index in [1.165, 1.54) is 57.4 Å². The van der Waals surface area contributed by atoms with Gasteiger partial charge in [-0.1, -0.05) is 77.0 Å². The summed E-state index contributed by atoms with van der Waals surface area (Å²) in [7, 11) is -9.76. The van der Waals surface area contributed by atoms with Crippen LogP contribution in [0.4, 0.5) is 19.4 Å². The maximum Gasteiger partial charge on any atom is 0.313 e. The summed E-state index contributed by atoms with van der Waals surface area (Å²) < 4.78 is 72.1. The van der Waals surface area contributed by atoms with Gasteiger partial charge < -0.3 is 4.74 Å². The number of unbranched alkanes of at least 4 members (excludes halogenated alkanes) is 2. The Morgan fingerprint density at radius 1 is 0.800 bits per heavy atom. The lowest BCUT2D eigenvalue weighted by Crippen LogP contribution is -2.30. The van der Waals surface area contributed by atoms with Crippen LogP contribution >= 0.6 is 10.2 Å². The molecular formula is C23H35F5OS. The van der Waals surface area contributed by atoms with Crippen molar-refractivity contribution in [1.29, 1.82) is 0 Å². The van der Waals surface area contributed by atoms with Gasteiger partial charge in [0.25, 0.3) is 0 Å². The molecule has 2 fully saturated rings. The van der Waals surface area contributed by atoms with E-state index in [0.717, 1.165) is 30.9 Å². The molecule has 3 rings (SSSR count). The fraction of sp³-hybridized carbons (Fsp3) is 0.739. The van der Waals surface area contributed by atoms with Gasteiger partial charge in [-0.3, -0.25) is 0 Å². The lowest BCUT2D eigenvalue weighted by atomic mass is 9.70. The molecule has 0 amide bonds. The SMILES string of the molecule is CCCCCC1CCC(C2CCC(Oc3ccccc3S(F)(F)(F)(F)F)CC2)CC1. The Hall–Kier alpha value is -0.980. The summed E-state index contributed by atoms with van der Waals surface area (Å²) >= 11 is 0. The Morgan fingerprint density at radius 3 is 1.93 bits per heavy atom. The summed E-state index contributed by atoms with van der Waals surface area (Å²) in [5.74, 6) is 1.42. The van der Waals surface area contributed by atoms with Crippen molar-refractivity contribution in [3.63, 3.8) is 0 Å². The Labute approximate surface area is 177 Å². The summed E-state index contributed by atoms with van der Waals surface area (Å²) in [5, 5.41) is 0. The first-order valence-corrected chi connectivity index (χ1v) is 13.4. The fourth-order valence-corrected chi connectivity index (χ4v) is 6.19.